The minimum Gasteiger partial charge on any atom is -0.373 e. The predicted octanol–water partition coefficient (Wildman–Crippen LogP) is 5.40. The molecule has 1 fully saturated rings. The number of anilines is 1. The molecule has 0 amide bonds. The van der Waals surface area contributed by atoms with Crippen molar-refractivity contribution in [2.75, 3.05) is 37.7 Å². The third-order valence-electron chi connectivity index (χ3n) is 8.81. The van der Waals surface area contributed by atoms with Crippen LogP contribution in [0.1, 0.15) is 47.3 Å². The van der Waals surface area contributed by atoms with Crippen LogP contribution in [-0.2, 0) is 30.5 Å². The molecule has 3 aromatic carbocycles. The van der Waals surface area contributed by atoms with Crippen LogP contribution in [0.15, 0.2) is 67.3 Å². The zero-order valence-electron chi connectivity index (χ0n) is 21.8. The molecule has 190 valence electrons. The molecule has 2 aliphatic heterocycles. The Balaban J connectivity index is 1.01. The highest BCUT2D eigenvalue weighted by atomic mass is 16.5. The highest BCUT2D eigenvalue weighted by Crippen LogP contribution is 2.37. The van der Waals surface area contributed by atoms with Crippen LogP contribution in [0.2, 0.25) is 0 Å². The second-order valence-corrected chi connectivity index (χ2v) is 11.1. The van der Waals surface area contributed by atoms with Gasteiger partial charge >= 0.3 is 0 Å². The molecule has 4 aromatic rings. The number of imidazole rings is 1. The van der Waals surface area contributed by atoms with Crippen LogP contribution in [0.4, 0.5) is 5.69 Å². The number of aromatic nitrogens is 2. The first kappa shape index (κ1) is 23.0. The first-order valence-electron chi connectivity index (χ1n) is 13.9. The summed E-state index contributed by atoms with van der Waals surface area (Å²) < 4.78 is 8.42. The lowest BCUT2D eigenvalue weighted by atomic mass is 9.93. The van der Waals surface area contributed by atoms with Crippen LogP contribution in [0, 0.1) is 0 Å². The van der Waals surface area contributed by atoms with E-state index < -0.39 is 0 Å². The van der Waals surface area contributed by atoms with Gasteiger partial charge in [-0.25, -0.2) is 4.98 Å². The van der Waals surface area contributed by atoms with E-state index in [4.69, 9.17) is 4.74 Å². The summed E-state index contributed by atoms with van der Waals surface area (Å²) >= 11 is 0. The molecular weight excluding hydrogens is 456 g/mol. The highest BCUT2D eigenvalue weighted by molar-refractivity contribution is 5.99. The Morgan fingerprint density at radius 1 is 0.973 bits per heavy atom. The molecule has 0 bridgehead atoms. The van der Waals surface area contributed by atoms with E-state index in [2.05, 4.69) is 74.8 Å². The molecular formula is C32H36N4O. The Labute approximate surface area is 219 Å². The molecule has 1 aromatic heterocycles. The van der Waals surface area contributed by atoms with Gasteiger partial charge in [0.25, 0.3) is 0 Å². The Hall–Kier alpha value is -3.15. The molecule has 1 saturated heterocycles. The molecule has 5 heteroatoms. The quantitative estimate of drug-likeness (QED) is 0.361. The molecule has 0 spiro atoms. The smallest absolute Gasteiger partial charge is 0.0949 e. The van der Waals surface area contributed by atoms with Crippen molar-refractivity contribution < 1.29 is 4.74 Å². The van der Waals surface area contributed by atoms with E-state index in [-0.39, 0.29) is 6.10 Å². The fraction of sp³-hybridized carbons (Fsp3) is 0.406. The average Bonchev–Trinajstić information content (AvgIpc) is 3.59. The molecule has 5 nitrogen and oxygen atoms in total. The predicted molar refractivity (Wildman–Crippen MR) is 149 cm³/mol. The maximum atomic E-state index is 6.29. The molecule has 2 atom stereocenters. The fourth-order valence-electron chi connectivity index (χ4n) is 6.86. The molecule has 1 aliphatic carbocycles. The van der Waals surface area contributed by atoms with E-state index in [9.17, 15) is 0 Å². The minimum absolute atomic E-state index is 0.202. The maximum absolute atomic E-state index is 6.29. The second-order valence-electron chi connectivity index (χ2n) is 11.1. The SMILES string of the molecule is C[C@@H]1CN(c2ccc3c4c(cccc24)CC3)CCN1CC[C@@H]1OCCc2cc(Cn3ccnc3)ccc21. The molecule has 0 N–H and O–H groups in total. The first-order valence-corrected chi connectivity index (χ1v) is 13.9. The fourth-order valence-corrected chi connectivity index (χ4v) is 6.86. The van der Waals surface area contributed by atoms with Gasteiger partial charge in [0.05, 0.1) is 19.0 Å². The molecule has 3 aliphatic rings. The van der Waals surface area contributed by atoms with Gasteiger partial charge in [0.15, 0.2) is 0 Å². The number of piperazine rings is 1. The van der Waals surface area contributed by atoms with Crippen molar-refractivity contribution in [3.05, 3.63) is 95.1 Å². The monoisotopic (exact) mass is 492 g/mol. The van der Waals surface area contributed by atoms with Gasteiger partial charge in [-0.15, -0.1) is 0 Å². The normalized spacial score (nSPS) is 21.5. The van der Waals surface area contributed by atoms with E-state index in [0.717, 1.165) is 52.2 Å². The van der Waals surface area contributed by atoms with Gasteiger partial charge in [-0.3, -0.25) is 4.90 Å². The molecule has 7 rings (SSSR count). The maximum Gasteiger partial charge on any atom is 0.0949 e. The van der Waals surface area contributed by atoms with Gasteiger partial charge in [0.2, 0.25) is 0 Å². The number of ether oxygens (including phenoxy) is 1. The summed E-state index contributed by atoms with van der Waals surface area (Å²) in [6, 6.07) is 19.1. The van der Waals surface area contributed by atoms with Gasteiger partial charge in [-0.2, -0.15) is 0 Å². The van der Waals surface area contributed by atoms with Crippen LogP contribution < -0.4 is 4.90 Å². The summed E-state index contributed by atoms with van der Waals surface area (Å²) in [6.07, 6.45) is 10.4. The highest BCUT2D eigenvalue weighted by Gasteiger charge is 2.28. The largest absolute Gasteiger partial charge is 0.373 e. The topological polar surface area (TPSA) is 33.5 Å². The van der Waals surface area contributed by atoms with Gasteiger partial charge < -0.3 is 14.2 Å². The van der Waals surface area contributed by atoms with Gasteiger partial charge in [-0.1, -0.05) is 42.5 Å². The molecule has 0 radical (unpaired) electrons. The summed E-state index contributed by atoms with van der Waals surface area (Å²) in [5.74, 6) is 0. The van der Waals surface area contributed by atoms with E-state index in [1.54, 1.807) is 0 Å². The number of rotatable bonds is 6. The Kier molecular flexibility index (Phi) is 5.98. The number of hydrogen-bond donors (Lipinski definition) is 0. The van der Waals surface area contributed by atoms with Gasteiger partial charge in [0, 0.05) is 62.2 Å². The Morgan fingerprint density at radius 2 is 1.89 bits per heavy atom. The van der Waals surface area contributed by atoms with Crippen molar-refractivity contribution in [3.8, 4) is 0 Å². The lowest BCUT2D eigenvalue weighted by Crippen LogP contribution is -2.52. The van der Waals surface area contributed by atoms with Crippen molar-refractivity contribution in [2.24, 2.45) is 0 Å². The molecule has 0 saturated carbocycles. The molecule has 0 unspecified atom stereocenters. The van der Waals surface area contributed by atoms with Gasteiger partial charge in [-0.05, 0) is 71.9 Å². The van der Waals surface area contributed by atoms with E-state index in [1.807, 2.05) is 18.7 Å². The minimum atomic E-state index is 0.202. The van der Waals surface area contributed by atoms with E-state index in [0.29, 0.717) is 6.04 Å². The average molecular weight is 493 g/mol. The number of benzene rings is 3. The summed E-state index contributed by atoms with van der Waals surface area (Å²) in [6.45, 7) is 8.44. The van der Waals surface area contributed by atoms with Gasteiger partial charge in [0.1, 0.15) is 0 Å². The lowest BCUT2D eigenvalue weighted by Gasteiger charge is -2.42. The third-order valence-corrected chi connectivity index (χ3v) is 8.81. The van der Waals surface area contributed by atoms with Crippen LogP contribution >= 0.6 is 0 Å². The van der Waals surface area contributed by atoms with Crippen LogP contribution in [0.5, 0.6) is 0 Å². The van der Waals surface area contributed by atoms with Crippen molar-refractivity contribution >= 4 is 16.5 Å². The Morgan fingerprint density at radius 3 is 2.76 bits per heavy atom. The number of fused-ring (bicyclic) bond motifs is 1. The van der Waals surface area contributed by atoms with Crippen molar-refractivity contribution in [1.82, 2.24) is 14.5 Å². The second kappa shape index (κ2) is 9.62. The van der Waals surface area contributed by atoms with Crippen LogP contribution in [0.25, 0.3) is 10.8 Å². The summed E-state index contributed by atoms with van der Waals surface area (Å²) in [4.78, 5) is 9.46. The number of nitrogens with zero attached hydrogens (tertiary/aromatic N) is 4. The first-order chi connectivity index (χ1) is 18.2. The van der Waals surface area contributed by atoms with Crippen molar-refractivity contribution in [2.45, 2.75) is 51.3 Å². The van der Waals surface area contributed by atoms with Crippen LogP contribution in [-0.4, -0.2) is 53.3 Å². The zero-order chi connectivity index (χ0) is 24.8. The summed E-state index contributed by atoms with van der Waals surface area (Å²) in [5.41, 5.74) is 8.67. The van der Waals surface area contributed by atoms with E-state index >= 15 is 0 Å². The lowest BCUT2D eigenvalue weighted by molar-refractivity contribution is 0.0255. The standard InChI is InChI=1S/C32H36N4O/c1-23-20-36(30-10-8-26-7-6-25-3-2-4-29(30)32(25)26)17-16-35(23)14-11-31-28-9-5-24(19-27(28)12-18-37-31)21-34-15-13-33-22-34/h2-5,8-10,13,15,19,22-23,31H,6-7,11-12,14,16-18,20-21H2,1H3/t23-,31+/m1/s1. The third kappa shape index (κ3) is 4.34. The van der Waals surface area contributed by atoms with E-state index in [1.165, 1.54) is 57.1 Å². The zero-order valence-corrected chi connectivity index (χ0v) is 21.8. The number of hydrogen-bond acceptors (Lipinski definition) is 4. The van der Waals surface area contributed by atoms with Crippen LogP contribution in [0.3, 0.4) is 0 Å². The van der Waals surface area contributed by atoms with Crippen molar-refractivity contribution in [3.63, 3.8) is 0 Å². The summed E-state index contributed by atoms with van der Waals surface area (Å²) in [7, 11) is 0. The number of aryl methyl sites for hydroxylation is 2. The Bertz CT molecular complexity index is 1400. The molecule has 37 heavy (non-hydrogen) atoms. The van der Waals surface area contributed by atoms with Crippen molar-refractivity contribution in [1.29, 1.82) is 0 Å². The summed E-state index contributed by atoms with van der Waals surface area (Å²) in [5, 5.41) is 2.98. The molecule has 3 heterocycles.